The first kappa shape index (κ1) is 10.6. The fraction of sp³-hybridized carbons (Fsp3) is 0.182. The molecule has 4 heteroatoms. The van der Waals surface area contributed by atoms with Gasteiger partial charge < -0.3 is 5.32 Å². The van der Waals surface area contributed by atoms with Crippen LogP contribution < -0.4 is 5.32 Å². The molecule has 15 heavy (non-hydrogen) atoms. The fourth-order valence-electron chi connectivity index (χ4n) is 1.37. The molecule has 0 aliphatic rings. The van der Waals surface area contributed by atoms with Crippen molar-refractivity contribution in [3.8, 4) is 11.3 Å². The molecule has 1 N–H and O–H groups in total. The average molecular weight is 239 g/mol. The molecule has 2 rings (SSSR count). The van der Waals surface area contributed by atoms with E-state index in [-0.39, 0.29) is 0 Å². The summed E-state index contributed by atoms with van der Waals surface area (Å²) in [5, 5.41) is 3.85. The molecule has 1 aromatic carbocycles. The molecule has 1 aromatic heterocycles. The molecule has 0 saturated heterocycles. The van der Waals surface area contributed by atoms with E-state index >= 15 is 0 Å². The minimum Gasteiger partial charge on any atom is -0.315 e. The monoisotopic (exact) mass is 238 g/mol. The molecule has 0 spiro atoms. The van der Waals surface area contributed by atoms with Crippen molar-refractivity contribution in [2.75, 3.05) is 7.05 Å². The van der Waals surface area contributed by atoms with Crippen LogP contribution in [0.5, 0.6) is 0 Å². The van der Waals surface area contributed by atoms with Crippen molar-refractivity contribution in [3.05, 3.63) is 40.2 Å². The largest absolute Gasteiger partial charge is 0.315 e. The minimum atomic E-state index is 0.749. The second kappa shape index (κ2) is 4.75. The van der Waals surface area contributed by atoms with E-state index in [1.165, 1.54) is 16.4 Å². The van der Waals surface area contributed by atoms with E-state index in [0.29, 0.717) is 0 Å². The fourth-order valence-corrected chi connectivity index (χ4v) is 2.34. The number of hydrogen-bond donors (Lipinski definition) is 1. The highest BCUT2D eigenvalue weighted by Crippen LogP contribution is 2.28. The van der Waals surface area contributed by atoms with Crippen LogP contribution in [0.25, 0.3) is 11.3 Å². The van der Waals surface area contributed by atoms with Gasteiger partial charge in [-0.15, -0.1) is 0 Å². The van der Waals surface area contributed by atoms with Crippen molar-refractivity contribution in [2.24, 2.45) is 0 Å². The molecule has 2 aromatic rings. The van der Waals surface area contributed by atoms with Gasteiger partial charge in [0.15, 0.2) is 0 Å². The zero-order valence-corrected chi connectivity index (χ0v) is 9.90. The van der Waals surface area contributed by atoms with Crippen LogP contribution in [0.1, 0.15) is 4.88 Å². The lowest BCUT2D eigenvalue weighted by Crippen LogP contribution is -2.02. The highest BCUT2D eigenvalue weighted by molar-refractivity contribution is 7.06. The van der Waals surface area contributed by atoms with Gasteiger partial charge in [0.25, 0.3) is 0 Å². The van der Waals surface area contributed by atoms with Crippen LogP contribution in [0.4, 0.5) is 0 Å². The summed E-state index contributed by atoms with van der Waals surface area (Å²) in [4.78, 5) is 1.22. The number of hydrogen-bond acceptors (Lipinski definition) is 3. The van der Waals surface area contributed by atoms with Crippen molar-refractivity contribution in [1.82, 2.24) is 9.69 Å². The summed E-state index contributed by atoms with van der Waals surface area (Å²) in [6.45, 7) is 0.849. The first-order valence-corrected chi connectivity index (χ1v) is 5.81. The number of rotatable bonds is 3. The van der Waals surface area contributed by atoms with Crippen molar-refractivity contribution in [1.29, 1.82) is 0 Å². The van der Waals surface area contributed by atoms with Gasteiger partial charge >= 0.3 is 0 Å². The molecular weight excluding hydrogens is 228 g/mol. The maximum atomic E-state index is 6.09. The second-order valence-corrected chi connectivity index (χ2v) is 4.49. The molecule has 0 amide bonds. The van der Waals surface area contributed by atoms with Gasteiger partial charge in [-0.05, 0) is 30.7 Å². The third-order valence-electron chi connectivity index (χ3n) is 2.06. The molecule has 0 bridgehead atoms. The van der Waals surface area contributed by atoms with Gasteiger partial charge in [0.05, 0.1) is 5.69 Å². The van der Waals surface area contributed by atoms with Crippen molar-refractivity contribution in [2.45, 2.75) is 6.54 Å². The summed E-state index contributed by atoms with van der Waals surface area (Å²) in [6, 6.07) is 9.84. The number of nitrogens with one attached hydrogen (secondary N) is 1. The van der Waals surface area contributed by atoms with Crippen LogP contribution in [-0.2, 0) is 6.54 Å². The first-order valence-electron chi connectivity index (χ1n) is 4.66. The van der Waals surface area contributed by atoms with Crippen LogP contribution in [0.2, 0.25) is 5.02 Å². The topological polar surface area (TPSA) is 24.9 Å². The second-order valence-electron chi connectivity index (χ2n) is 3.19. The third-order valence-corrected chi connectivity index (χ3v) is 3.17. The van der Waals surface area contributed by atoms with E-state index in [9.17, 15) is 0 Å². The average Bonchev–Trinajstić information content (AvgIpc) is 2.68. The maximum absolute atomic E-state index is 6.09. The predicted molar refractivity (Wildman–Crippen MR) is 65.3 cm³/mol. The number of aromatic nitrogens is 1. The Labute approximate surface area is 98.1 Å². The number of nitrogens with zero attached hydrogens (tertiary/aromatic N) is 1. The van der Waals surface area contributed by atoms with E-state index in [1.807, 2.05) is 31.3 Å². The van der Waals surface area contributed by atoms with Gasteiger partial charge in [0.2, 0.25) is 0 Å². The molecule has 78 valence electrons. The van der Waals surface area contributed by atoms with Crippen LogP contribution in [0.3, 0.4) is 0 Å². The van der Waals surface area contributed by atoms with E-state index in [2.05, 4.69) is 15.8 Å². The van der Waals surface area contributed by atoms with Gasteiger partial charge in [-0.25, -0.2) is 0 Å². The van der Waals surface area contributed by atoms with E-state index in [1.54, 1.807) is 0 Å². The Bertz CT molecular complexity index is 453. The molecule has 2 nitrogen and oxygen atoms in total. The smallest absolute Gasteiger partial charge is 0.0858 e. The maximum Gasteiger partial charge on any atom is 0.0858 e. The quantitative estimate of drug-likeness (QED) is 0.889. The molecule has 0 aliphatic heterocycles. The Kier molecular flexibility index (Phi) is 3.36. The zero-order valence-electron chi connectivity index (χ0n) is 8.33. The van der Waals surface area contributed by atoms with Gasteiger partial charge in [0.1, 0.15) is 0 Å². The van der Waals surface area contributed by atoms with E-state index in [4.69, 9.17) is 11.6 Å². The summed E-state index contributed by atoms with van der Waals surface area (Å²) in [5.41, 5.74) is 1.95. The zero-order chi connectivity index (χ0) is 10.7. The molecular formula is C11H11ClN2S. The number of benzene rings is 1. The number of halogens is 1. The standard InChI is InChI=1S/C11H11ClN2S/c1-13-7-8-6-11(14-15-8)9-4-2-3-5-10(9)12/h2-6,13H,7H2,1H3. The Morgan fingerprint density at radius 1 is 1.40 bits per heavy atom. The van der Waals surface area contributed by atoms with Gasteiger partial charge in [-0.1, -0.05) is 29.8 Å². The van der Waals surface area contributed by atoms with E-state index in [0.717, 1.165) is 22.8 Å². The lowest BCUT2D eigenvalue weighted by atomic mass is 10.1. The Balaban J connectivity index is 2.33. The molecule has 0 fully saturated rings. The predicted octanol–water partition coefficient (Wildman–Crippen LogP) is 3.18. The SMILES string of the molecule is CNCc1cc(-c2ccccc2Cl)ns1. The summed E-state index contributed by atoms with van der Waals surface area (Å²) >= 11 is 7.60. The van der Waals surface area contributed by atoms with Crippen LogP contribution in [0.15, 0.2) is 30.3 Å². The molecule has 0 saturated carbocycles. The summed E-state index contributed by atoms with van der Waals surface area (Å²) in [5.74, 6) is 0. The molecule has 0 atom stereocenters. The Morgan fingerprint density at radius 2 is 2.20 bits per heavy atom. The van der Waals surface area contributed by atoms with Crippen molar-refractivity contribution in [3.63, 3.8) is 0 Å². The Morgan fingerprint density at radius 3 is 2.93 bits per heavy atom. The first-order chi connectivity index (χ1) is 7.31. The van der Waals surface area contributed by atoms with Gasteiger partial charge in [0, 0.05) is 22.0 Å². The molecule has 1 heterocycles. The molecule has 0 unspecified atom stereocenters. The lowest BCUT2D eigenvalue weighted by Gasteiger charge is -1.98. The summed E-state index contributed by atoms with van der Waals surface area (Å²) in [6.07, 6.45) is 0. The van der Waals surface area contributed by atoms with Crippen molar-refractivity contribution < 1.29 is 0 Å². The lowest BCUT2D eigenvalue weighted by molar-refractivity contribution is 0.831. The molecule has 0 aliphatic carbocycles. The van der Waals surface area contributed by atoms with Crippen LogP contribution in [-0.4, -0.2) is 11.4 Å². The van der Waals surface area contributed by atoms with Gasteiger partial charge in [-0.3, -0.25) is 0 Å². The van der Waals surface area contributed by atoms with Crippen LogP contribution >= 0.6 is 23.1 Å². The highest BCUT2D eigenvalue weighted by Gasteiger charge is 2.06. The summed E-state index contributed by atoms with van der Waals surface area (Å²) in [7, 11) is 1.93. The van der Waals surface area contributed by atoms with Gasteiger partial charge in [-0.2, -0.15) is 4.37 Å². The Hall–Kier alpha value is -0.900. The summed E-state index contributed by atoms with van der Waals surface area (Å²) < 4.78 is 4.38. The van der Waals surface area contributed by atoms with Crippen molar-refractivity contribution >= 4 is 23.1 Å². The minimum absolute atomic E-state index is 0.749. The molecule has 0 radical (unpaired) electrons. The third kappa shape index (κ3) is 2.37. The van der Waals surface area contributed by atoms with Crippen LogP contribution in [0, 0.1) is 0 Å². The van der Waals surface area contributed by atoms with E-state index < -0.39 is 0 Å². The highest BCUT2D eigenvalue weighted by atomic mass is 35.5. The normalized spacial score (nSPS) is 10.5.